The zero-order valence-corrected chi connectivity index (χ0v) is 17.5. The van der Waals surface area contributed by atoms with Crippen LogP contribution in [0.5, 0.6) is 0 Å². The van der Waals surface area contributed by atoms with Crippen LogP contribution in [0.2, 0.25) is 5.02 Å². The molecule has 0 unspecified atom stereocenters. The highest BCUT2D eigenvalue weighted by Crippen LogP contribution is 2.19. The number of benzene rings is 2. The molecule has 4 rings (SSSR count). The van der Waals surface area contributed by atoms with Gasteiger partial charge in [0.2, 0.25) is 17.6 Å². The fourth-order valence-corrected chi connectivity index (χ4v) is 3.43. The summed E-state index contributed by atoms with van der Waals surface area (Å²) in [6.45, 7) is 5.50. The van der Waals surface area contributed by atoms with Crippen LogP contribution in [0.25, 0.3) is 17.5 Å². The maximum absolute atomic E-state index is 12.5. The van der Waals surface area contributed by atoms with Gasteiger partial charge in [0.05, 0.1) is 6.54 Å². The molecule has 0 aliphatic carbocycles. The van der Waals surface area contributed by atoms with Gasteiger partial charge in [-0.15, -0.1) is 0 Å². The fourth-order valence-electron chi connectivity index (χ4n) is 3.30. The lowest BCUT2D eigenvalue weighted by Gasteiger charge is -2.33. The normalized spacial score (nSPS) is 15.1. The second-order valence-corrected chi connectivity index (χ2v) is 7.80. The number of aryl methyl sites for hydroxylation is 1. The van der Waals surface area contributed by atoms with Crippen molar-refractivity contribution in [3.05, 3.63) is 76.6 Å². The van der Waals surface area contributed by atoms with E-state index in [2.05, 4.69) is 15.0 Å². The number of carbonyl (C=O) groups is 1. The van der Waals surface area contributed by atoms with Crippen LogP contribution in [0.4, 0.5) is 0 Å². The molecule has 30 heavy (non-hydrogen) atoms. The molecule has 0 spiro atoms. The Balaban J connectivity index is 1.28. The zero-order valence-electron chi connectivity index (χ0n) is 16.8. The molecule has 0 atom stereocenters. The van der Waals surface area contributed by atoms with Crippen molar-refractivity contribution in [2.24, 2.45) is 0 Å². The fraction of sp³-hybridized carbons (Fsp3) is 0.261. The molecule has 1 fully saturated rings. The van der Waals surface area contributed by atoms with Gasteiger partial charge in [0.1, 0.15) is 0 Å². The molecule has 1 amide bonds. The molecule has 6 nitrogen and oxygen atoms in total. The number of amides is 1. The Bertz CT molecular complexity index is 1020. The predicted octanol–water partition coefficient (Wildman–Crippen LogP) is 4.06. The minimum absolute atomic E-state index is 0.0399. The Morgan fingerprint density at radius 2 is 1.77 bits per heavy atom. The lowest BCUT2D eigenvalue weighted by Crippen LogP contribution is -2.47. The van der Waals surface area contributed by atoms with Crippen LogP contribution >= 0.6 is 11.6 Å². The van der Waals surface area contributed by atoms with Gasteiger partial charge >= 0.3 is 0 Å². The third-order valence-electron chi connectivity index (χ3n) is 5.11. The van der Waals surface area contributed by atoms with Gasteiger partial charge in [0, 0.05) is 42.8 Å². The lowest BCUT2D eigenvalue weighted by molar-refractivity contribution is -0.127. The number of hydrogen-bond acceptors (Lipinski definition) is 5. The van der Waals surface area contributed by atoms with Crippen LogP contribution in [-0.2, 0) is 11.3 Å². The lowest BCUT2D eigenvalue weighted by atomic mass is 10.1. The third kappa shape index (κ3) is 5.14. The number of carbonyl (C=O) groups excluding carboxylic acids is 1. The molecule has 1 aliphatic rings. The van der Waals surface area contributed by atoms with Crippen molar-refractivity contribution in [3.63, 3.8) is 0 Å². The number of piperazine rings is 1. The van der Waals surface area contributed by atoms with E-state index >= 15 is 0 Å². The van der Waals surface area contributed by atoms with Crippen LogP contribution in [0.1, 0.15) is 17.0 Å². The molecule has 2 aromatic carbocycles. The van der Waals surface area contributed by atoms with E-state index in [9.17, 15) is 4.79 Å². The topological polar surface area (TPSA) is 62.5 Å². The Hall–Kier alpha value is -2.96. The second kappa shape index (κ2) is 9.24. The van der Waals surface area contributed by atoms with E-state index in [4.69, 9.17) is 16.1 Å². The van der Waals surface area contributed by atoms with Crippen molar-refractivity contribution < 1.29 is 9.32 Å². The predicted molar refractivity (Wildman–Crippen MR) is 117 cm³/mol. The molecular formula is C23H23ClN4O2. The smallest absolute Gasteiger partial charge is 0.246 e. The van der Waals surface area contributed by atoms with Gasteiger partial charge < -0.3 is 9.42 Å². The minimum atomic E-state index is 0.0399. The van der Waals surface area contributed by atoms with Crippen LogP contribution < -0.4 is 0 Å². The van der Waals surface area contributed by atoms with Crippen molar-refractivity contribution in [2.75, 3.05) is 26.2 Å². The maximum atomic E-state index is 12.5. The summed E-state index contributed by atoms with van der Waals surface area (Å²) < 4.78 is 5.39. The second-order valence-electron chi connectivity index (χ2n) is 7.36. The van der Waals surface area contributed by atoms with E-state index in [1.807, 2.05) is 54.3 Å². The third-order valence-corrected chi connectivity index (χ3v) is 5.36. The Morgan fingerprint density at radius 1 is 1.07 bits per heavy atom. The first kappa shape index (κ1) is 20.3. The van der Waals surface area contributed by atoms with Crippen molar-refractivity contribution in [2.45, 2.75) is 13.5 Å². The molecule has 154 valence electrons. The summed E-state index contributed by atoms with van der Waals surface area (Å²) >= 11 is 5.92. The summed E-state index contributed by atoms with van der Waals surface area (Å²) in [5.74, 6) is 1.16. The van der Waals surface area contributed by atoms with Crippen molar-refractivity contribution in [1.29, 1.82) is 0 Å². The Labute approximate surface area is 180 Å². The molecule has 2 heterocycles. The number of aromatic nitrogens is 2. The molecule has 1 aromatic heterocycles. The average molecular weight is 423 g/mol. The first-order valence-corrected chi connectivity index (χ1v) is 10.3. The highest BCUT2D eigenvalue weighted by atomic mass is 35.5. The summed E-state index contributed by atoms with van der Waals surface area (Å²) in [5, 5.41) is 4.72. The van der Waals surface area contributed by atoms with E-state index in [1.165, 1.54) is 5.56 Å². The molecule has 7 heteroatoms. The van der Waals surface area contributed by atoms with Crippen molar-refractivity contribution in [3.8, 4) is 11.4 Å². The van der Waals surface area contributed by atoms with Crippen LogP contribution in [0, 0.1) is 6.92 Å². The number of hydrogen-bond donors (Lipinski definition) is 0. The highest BCUT2D eigenvalue weighted by molar-refractivity contribution is 6.30. The molecule has 3 aromatic rings. The minimum Gasteiger partial charge on any atom is -0.338 e. The van der Waals surface area contributed by atoms with E-state index in [1.54, 1.807) is 18.2 Å². The first-order chi connectivity index (χ1) is 14.6. The Kier molecular flexibility index (Phi) is 6.26. The maximum Gasteiger partial charge on any atom is 0.246 e. The summed E-state index contributed by atoms with van der Waals surface area (Å²) in [4.78, 5) is 21.0. The molecular weight excluding hydrogens is 400 g/mol. The van der Waals surface area contributed by atoms with Gasteiger partial charge in [-0.3, -0.25) is 9.69 Å². The van der Waals surface area contributed by atoms with Gasteiger partial charge in [-0.2, -0.15) is 4.98 Å². The van der Waals surface area contributed by atoms with Crippen molar-refractivity contribution >= 4 is 23.6 Å². The summed E-state index contributed by atoms with van der Waals surface area (Å²) in [5.41, 5.74) is 3.10. The average Bonchev–Trinajstić information content (AvgIpc) is 3.22. The summed E-state index contributed by atoms with van der Waals surface area (Å²) in [6, 6.07) is 15.4. The van der Waals surface area contributed by atoms with Gasteiger partial charge in [-0.25, -0.2) is 0 Å². The molecule has 0 bridgehead atoms. The summed E-state index contributed by atoms with van der Waals surface area (Å²) in [6.07, 6.45) is 3.52. The molecule has 0 N–H and O–H groups in total. The monoisotopic (exact) mass is 422 g/mol. The number of nitrogens with zero attached hydrogens (tertiary/aromatic N) is 4. The van der Waals surface area contributed by atoms with Crippen LogP contribution in [-0.4, -0.2) is 52.0 Å². The highest BCUT2D eigenvalue weighted by Gasteiger charge is 2.21. The quantitative estimate of drug-likeness (QED) is 0.580. The van der Waals surface area contributed by atoms with E-state index in [0.29, 0.717) is 36.4 Å². The van der Waals surface area contributed by atoms with Gasteiger partial charge in [0.15, 0.2) is 0 Å². The van der Waals surface area contributed by atoms with Crippen LogP contribution in [0.15, 0.2) is 59.1 Å². The van der Waals surface area contributed by atoms with E-state index in [0.717, 1.165) is 24.2 Å². The number of halogens is 1. The van der Waals surface area contributed by atoms with Gasteiger partial charge in [-0.1, -0.05) is 46.6 Å². The molecule has 1 aliphatic heterocycles. The van der Waals surface area contributed by atoms with Crippen molar-refractivity contribution in [1.82, 2.24) is 19.9 Å². The summed E-state index contributed by atoms with van der Waals surface area (Å²) in [7, 11) is 0. The van der Waals surface area contributed by atoms with E-state index in [-0.39, 0.29) is 5.91 Å². The standard InChI is InChI=1S/C23H23ClN4O2/c1-17-2-4-18(5-3-17)6-11-22(29)28-14-12-27(13-15-28)16-21-25-23(26-30-21)19-7-9-20(24)10-8-19/h2-11H,12-16H2,1H3. The van der Waals surface area contributed by atoms with Gasteiger partial charge in [0.25, 0.3) is 0 Å². The molecule has 1 saturated heterocycles. The largest absolute Gasteiger partial charge is 0.338 e. The zero-order chi connectivity index (χ0) is 20.9. The number of rotatable bonds is 5. The molecule has 0 saturated carbocycles. The first-order valence-electron chi connectivity index (χ1n) is 9.91. The SMILES string of the molecule is Cc1ccc(C=CC(=O)N2CCN(Cc3nc(-c4ccc(Cl)cc4)no3)CC2)cc1. The Morgan fingerprint density at radius 3 is 2.47 bits per heavy atom. The van der Waals surface area contributed by atoms with Gasteiger partial charge in [-0.05, 0) is 42.8 Å². The van der Waals surface area contributed by atoms with Crippen LogP contribution in [0.3, 0.4) is 0 Å². The van der Waals surface area contributed by atoms with E-state index < -0.39 is 0 Å². The molecule has 0 radical (unpaired) electrons.